The zero-order valence-electron chi connectivity index (χ0n) is 13.8. The average Bonchev–Trinajstić information content (AvgIpc) is 2.61. The van der Waals surface area contributed by atoms with Crippen molar-refractivity contribution in [3.8, 4) is 11.5 Å². The Hall–Kier alpha value is -3.49. The molecule has 0 aliphatic heterocycles. The molecule has 0 unspecified atom stereocenters. The zero-order valence-corrected chi connectivity index (χ0v) is 13.8. The molecule has 140 valence electrons. The number of pyridine rings is 1. The summed E-state index contributed by atoms with van der Waals surface area (Å²) in [7, 11) is 1.29. The second-order valence-electron chi connectivity index (χ2n) is 5.54. The molecule has 0 atom stereocenters. The molecule has 0 bridgehead atoms. The van der Waals surface area contributed by atoms with Crippen LogP contribution >= 0.6 is 0 Å². The molecule has 0 saturated carbocycles. The van der Waals surface area contributed by atoms with Crippen LogP contribution in [0.4, 0.5) is 18.0 Å². The number of carboxylic acid groups (broad SMARTS) is 1. The number of ether oxygens (including phenoxy) is 2. The fraction of sp³-hybridized carbons (Fsp3) is 0.111. The number of fused-ring (bicyclic) bond motifs is 1. The summed E-state index contributed by atoms with van der Waals surface area (Å²) in [6.45, 7) is -0.186. The average molecular weight is 379 g/mol. The van der Waals surface area contributed by atoms with Crippen molar-refractivity contribution in [3.05, 3.63) is 69.8 Å². The highest BCUT2D eigenvalue weighted by Crippen LogP contribution is 2.24. The first kappa shape index (κ1) is 18.3. The van der Waals surface area contributed by atoms with Gasteiger partial charge in [-0.05, 0) is 29.8 Å². The smallest absolute Gasteiger partial charge is 0.494 e. The van der Waals surface area contributed by atoms with Crippen molar-refractivity contribution in [1.29, 1.82) is 0 Å². The van der Waals surface area contributed by atoms with E-state index in [-0.39, 0.29) is 12.3 Å². The fourth-order valence-corrected chi connectivity index (χ4v) is 2.72. The first-order chi connectivity index (χ1) is 12.8. The molecule has 0 amide bonds. The van der Waals surface area contributed by atoms with Crippen molar-refractivity contribution in [2.45, 2.75) is 6.54 Å². The number of carbonyl (C=O) groups is 1. The largest absolute Gasteiger partial charge is 0.511 e. The predicted octanol–water partition coefficient (Wildman–Crippen LogP) is 3.53. The SMILES string of the molecule is COc1ccc(Cn2cc(OC(=O)O)c(=O)c3c(F)ccc(F)c32)cc1F. The van der Waals surface area contributed by atoms with Crippen molar-refractivity contribution in [3.63, 3.8) is 0 Å². The monoisotopic (exact) mass is 379 g/mol. The Morgan fingerprint density at radius 2 is 1.78 bits per heavy atom. The van der Waals surface area contributed by atoms with E-state index in [1.165, 1.54) is 19.2 Å². The minimum Gasteiger partial charge on any atom is -0.494 e. The lowest BCUT2D eigenvalue weighted by Crippen LogP contribution is -2.18. The molecule has 3 aromatic rings. The van der Waals surface area contributed by atoms with Gasteiger partial charge in [-0.3, -0.25) is 4.79 Å². The summed E-state index contributed by atoms with van der Waals surface area (Å²) in [6, 6.07) is 5.54. The zero-order chi connectivity index (χ0) is 19.7. The number of benzene rings is 2. The number of halogens is 3. The number of rotatable bonds is 4. The molecule has 1 N–H and O–H groups in total. The van der Waals surface area contributed by atoms with Gasteiger partial charge in [0, 0.05) is 6.54 Å². The molecule has 1 aromatic heterocycles. The molecule has 0 radical (unpaired) electrons. The maximum Gasteiger partial charge on any atom is 0.511 e. The second kappa shape index (κ2) is 7.02. The Bertz CT molecular complexity index is 1110. The normalized spacial score (nSPS) is 10.8. The predicted molar refractivity (Wildman–Crippen MR) is 88.8 cm³/mol. The van der Waals surface area contributed by atoms with E-state index in [1.54, 1.807) is 0 Å². The van der Waals surface area contributed by atoms with E-state index >= 15 is 0 Å². The summed E-state index contributed by atoms with van der Waals surface area (Å²) >= 11 is 0. The summed E-state index contributed by atoms with van der Waals surface area (Å²) < 4.78 is 52.7. The Morgan fingerprint density at radius 1 is 1.07 bits per heavy atom. The van der Waals surface area contributed by atoms with Gasteiger partial charge in [-0.2, -0.15) is 0 Å². The van der Waals surface area contributed by atoms with Gasteiger partial charge in [0.15, 0.2) is 17.3 Å². The Morgan fingerprint density at radius 3 is 2.41 bits per heavy atom. The van der Waals surface area contributed by atoms with Crippen molar-refractivity contribution in [1.82, 2.24) is 4.57 Å². The topological polar surface area (TPSA) is 77.8 Å². The number of nitrogens with zero attached hydrogens (tertiary/aromatic N) is 1. The summed E-state index contributed by atoms with van der Waals surface area (Å²) in [6.07, 6.45) is -0.853. The van der Waals surface area contributed by atoms with Crippen LogP contribution in [0.3, 0.4) is 0 Å². The molecule has 27 heavy (non-hydrogen) atoms. The molecular weight excluding hydrogens is 367 g/mol. The van der Waals surface area contributed by atoms with E-state index in [4.69, 9.17) is 9.84 Å². The Balaban J connectivity index is 2.23. The molecule has 0 fully saturated rings. The molecule has 0 aliphatic carbocycles. The van der Waals surface area contributed by atoms with Crippen molar-refractivity contribution < 1.29 is 32.5 Å². The maximum atomic E-state index is 14.3. The highest BCUT2D eigenvalue weighted by Gasteiger charge is 2.19. The van der Waals surface area contributed by atoms with Gasteiger partial charge in [0.2, 0.25) is 5.43 Å². The van der Waals surface area contributed by atoms with Crippen LogP contribution in [0.1, 0.15) is 5.56 Å². The number of methoxy groups -OCH3 is 1. The van der Waals surface area contributed by atoms with Gasteiger partial charge in [0.25, 0.3) is 0 Å². The highest BCUT2D eigenvalue weighted by molar-refractivity contribution is 5.82. The van der Waals surface area contributed by atoms with Gasteiger partial charge in [-0.1, -0.05) is 6.07 Å². The van der Waals surface area contributed by atoms with E-state index in [1.807, 2.05) is 0 Å². The van der Waals surface area contributed by atoms with Crippen molar-refractivity contribution >= 4 is 17.1 Å². The van der Waals surface area contributed by atoms with Gasteiger partial charge < -0.3 is 19.1 Å². The van der Waals surface area contributed by atoms with Crippen LogP contribution in [0.5, 0.6) is 11.5 Å². The molecule has 2 aromatic carbocycles. The van der Waals surface area contributed by atoms with Crippen LogP contribution in [0, 0.1) is 17.5 Å². The summed E-state index contributed by atoms with van der Waals surface area (Å²) in [5, 5.41) is 8.10. The lowest BCUT2D eigenvalue weighted by atomic mass is 10.1. The summed E-state index contributed by atoms with van der Waals surface area (Å²) in [5.41, 5.74) is -1.17. The van der Waals surface area contributed by atoms with Gasteiger partial charge >= 0.3 is 6.16 Å². The molecular formula is C18H12F3NO5. The molecule has 1 heterocycles. The van der Waals surface area contributed by atoms with Crippen LogP contribution in [-0.2, 0) is 6.54 Å². The lowest BCUT2D eigenvalue weighted by Gasteiger charge is -2.14. The van der Waals surface area contributed by atoms with Crippen molar-refractivity contribution in [2.75, 3.05) is 7.11 Å². The molecule has 0 aliphatic rings. The Kier molecular flexibility index (Phi) is 4.76. The molecule has 3 rings (SSSR count). The van der Waals surface area contributed by atoms with E-state index in [2.05, 4.69) is 4.74 Å². The quantitative estimate of drug-likeness (QED) is 0.702. The van der Waals surface area contributed by atoms with Gasteiger partial charge in [-0.15, -0.1) is 0 Å². The third-order valence-electron chi connectivity index (χ3n) is 3.86. The standard InChI is InChI=1S/C18H12F3NO5/c1-26-13-5-2-9(6-12(13)21)7-22-8-14(27-18(24)25)17(23)15-10(19)3-4-11(20)16(15)22/h2-6,8H,7H2,1H3,(H,24,25). The van der Waals surface area contributed by atoms with Crippen LogP contribution in [-0.4, -0.2) is 22.9 Å². The van der Waals surface area contributed by atoms with Crippen LogP contribution in [0.15, 0.2) is 41.3 Å². The van der Waals surface area contributed by atoms with Gasteiger partial charge in [0.05, 0.1) is 24.2 Å². The molecule has 0 spiro atoms. The van der Waals surface area contributed by atoms with E-state index in [9.17, 15) is 22.8 Å². The van der Waals surface area contributed by atoms with Gasteiger partial charge in [-0.25, -0.2) is 18.0 Å². The van der Waals surface area contributed by atoms with Crippen LogP contribution in [0.2, 0.25) is 0 Å². The fourth-order valence-electron chi connectivity index (χ4n) is 2.72. The van der Waals surface area contributed by atoms with Gasteiger partial charge in [0.1, 0.15) is 11.6 Å². The summed E-state index contributed by atoms with van der Waals surface area (Å²) in [5.74, 6) is -3.32. The first-order valence-corrected chi connectivity index (χ1v) is 7.56. The minimum absolute atomic E-state index is 0.00404. The maximum absolute atomic E-state index is 14.3. The highest BCUT2D eigenvalue weighted by atomic mass is 19.1. The molecule has 6 nitrogen and oxygen atoms in total. The van der Waals surface area contributed by atoms with E-state index in [0.29, 0.717) is 5.56 Å². The van der Waals surface area contributed by atoms with Crippen LogP contribution < -0.4 is 14.9 Å². The van der Waals surface area contributed by atoms with Crippen molar-refractivity contribution in [2.24, 2.45) is 0 Å². The number of aromatic nitrogens is 1. The van der Waals surface area contributed by atoms with E-state index in [0.717, 1.165) is 29.0 Å². The molecule has 0 saturated heterocycles. The number of hydrogen-bond acceptors (Lipinski definition) is 4. The molecule has 9 heteroatoms. The van der Waals surface area contributed by atoms with Crippen LogP contribution in [0.25, 0.3) is 10.9 Å². The first-order valence-electron chi connectivity index (χ1n) is 7.56. The summed E-state index contributed by atoms with van der Waals surface area (Å²) in [4.78, 5) is 23.1. The number of hydrogen-bond donors (Lipinski definition) is 1. The third-order valence-corrected chi connectivity index (χ3v) is 3.86. The van der Waals surface area contributed by atoms with E-state index < -0.39 is 45.7 Å². The Labute approximate surface area is 150 Å². The minimum atomic E-state index is -1.79. The third kappa shape index (κ3) is 3.43. The lowest BCUT2D eigenvalue weighted by molar-refractivity contribution is 0.144. The second-order valence-corrected chi connectivity index (χ2v) is 5.54.